The van der Waals surface area contributed by atoms with Crippen LogP contribution in [0.25, 0.3) is 0 Å². The Balaban J connectivity index is 2.20. The molecule has 0 saturated carbocycles. The first-order chi connectivity index (χ1) is 9.74. The fraction of sp³-hybridized carbons (Fsp3) is 0.375. The van der Waals surface area contributed by atoms with E-state index in [4.69, 9.17) is 5.73 Å². The zero-order chi connectivity index (χ0) is 14.4. The van der Waals surface area contributed by atoms with Gasteiger partial charge < -0.3 is 10.6 Å². The molecule has 0 saturated heterocycles. The molecule has 0 fully saturated rings. The molecular formula is C16H22N4. The van der Waals surface area contributed by atoms with Gasteiger partial charge in [-0.15, -0.1) is 0 Å². The van der Waals surface area contributed by atoms with Gasteiger partial charge >= 0.3 is 0 Å². The summed E-state index contributed by atoms with van der Waals surface area (Å²) in [6.45, 7) is 5.94. The lowest BCUT2D eigenvalue weighted by Gasteiger charge is -2.23. The summed E-state index contributed by atoms with van der Waals surface area (Å²) in [5.41, 5.74) is 9.07. The Hall–Kier alpha value is -2.10. The van der Waals surface area contributed by atoms with Gasteiger partial charge in [0.15, 0.2) is 0 Å². The summed E-state index contributed by atoms with van der Waals surface area (Å²) >= 11 is 0. The Bertz CT molecular complexity index is 554. The first-order valence-electron chi connectivity index (χ1n) is 7.13. The van der Waals surface area contributed by atoms with Crippen LogP contribution in [0.1, 0.15) is 31.5 Å². The fourth-order valence-electron chi connectivity index (χ4n) is 2.19. The third-order valence-corrected chi connectivity index (χ3v) is 3.34. The molecule has 20 heavy (non-hydrogen) atoms. The minimum Gasteiger partial charge on any atom is -0.398 e. The second kappa shape index (κ2) is 6.89. The molecular weight excluding hydrogens is 248 g/mol. The number of aromatic nitrogens is 2. The highest BCUT2D eigenvalue weighted by molar-refractivity contribution is 5.49. The highest BCUT2D eigenvalue weighted by Gasteiger charge is 2.09. The quantitative estimate of drug-likeness (QED) is 0.820. The number of para-hydroxylation sites is 1. The average molecular weight is 270 g/mol. The highest BCUT2D eigenvalue weighted by atomic mass is 15.2. The molecule has 2 rings (SSSR count). The Kier molecular flexibility index (Phi) is 4.93. The number of hydrogen-bond donors (Lipinski definition) is 1. The summed E-state index contributed by atoms with van der Waals surface area (Å²) in [5.74, 6) is 0.967. The molecule has 2 N–H and O–H groups in total. The lowest BCUT2D eigenvalue weighted by molar-refractivity contribution is 0.799. The van der Waals surface area contributed by atoms with E-state index in [1.54, 1.807) is 6.33 Å². The summed E-state index contributed by atoms with van der Waals surface area (Å²) in [6.07, 6.45) is 3.73. The van der Waals surface area contributed by atoms with E-state index in [1.165, 1.54) is 0 Å². The summed E-state index contributed by atoms with van der Waals surface area (Å²) in [4.78, 5) is 10.9. The molecule has 4 nitrogen and oxygen atoms in total. The third kappa shape index (κ3) is 3.47. The molecule has 0 aliphatic heterocycles. The molecule has 106 valence electrons. The van der Waals surface area contributed by atoms with E-state index in [9.17, 15) is 0 Å². The summed E-state index contributed by atoms with van der Waals surface area (Å²) in [6, 6.07) is 10.0. The van der Waals surface area contributed by atoms with Crippen LogP contribution >= 0.6 is 0 Å². The van der Waals surface area contributed by atoms with E-state index in [1.807, 2.05) is 18.2 Å². The first kappa shape index (κ1) is 14.3. The zero-order valence-electron chi connectivity index (χ0n) is 12.2. The van der Waals surface area contributed by atoms with Gasteiger partial charge in [-0.1, -0.05) is 31.5 Å². The van der Waals surface area contributed by atoms with E-state index in [-0.39, 0.29) is 0 Å². The van der Waals surface area contributed by atoms with Crippen LogP contribution in [0.4, 0.5) is 11.5 Å². The number of nitrogen functional groups attached to an aromatic ring is 1. The molecule has 2 aromatic rings. The van der Waals surface area contributed by atoms with E-state index in [0.29, 0.717) is 0 Å². The highest BCUT2D eigenvalue weighted by Crippen LogP contribution is 2.18. The Morgan fingerprint density at radius 3 is 2.65 bits per heavy atom. The lowest BCUT2D eigenvalue weighted by Crippen LogP contribution is -2.24. The maximum atomic E-state index is 6.02. The van der Waals surface area contributed by atoms with Gasteiger partial charge in [-0.05, 0) is 25.0 Å². The van der Waals surface area contributed by atoms with Gasteiger partial charge in [-0.3, -0.25) is 0 Å². The summed E-state index contributed by atoms with van der Waals surface area (Å²) in [5, 5.41) is 0. The molecule has 4 heteroatoms. The Morgan fingerprint density at radius 1 is 1.15 bits per heavy atom. The van der Waals surface area contributed by atoms with Gasteiger partial charge in [0, 0.05) is 30.5 Å². The lowest BCUT2D eigenvalue weighted by atomic mass is 10.1. The van der Waals surface area contributed by atoms with Crippen LogP contribution in [0.3, 0.4) is 0 Å². The van der Waals surface area contributed by atoms with Gasteiger partial charge in [0.25, 0.3) is 0 Å². The van der Waals surface area contributed by atoms with Crippen molar-refractivity contribution < 1.29 is 0 Å². The molecule has 0 atom stereocenters. The Labute approximate surface area is 120 Å². The molecule has 0 spiro atoms. The van der Waals surface area contributed by atoms with E-state index in [0.717, 1.165) is 48.7 Å². The van der Waals surface area contributed by atoms with Crippen LogP contribution in [0.5, 0.6) is 0 Å². The van der Waals surface area contributed by atoms with Gasteiger partial charge in [-0.25, -0.2) is 9.97 Å². The molecule has 0 bridgehead atoms. The van der Waals surface area contributed by atoms with E-state index in [2.05, 4.69) is 40.8 Å². The van der Waals surface area contributed by atoms with Crippen LogP contribution in [-0.2, 0) is 13.0 Å². The van der Waals surface area contributed by atoms with Crippen LogP contribution < -0.4 is 10.6 Å². The molecule has 0 unspecified atom stereocenters. The molecule has 1 heterocycles. The molecule has 0 aliphatic carbocycles. The normalized spacial score (nSPS) is 10.5. The SMILES string of the molecule is CCCc1cc(N(CC)Cc2ccccc2N)ncn1. The number of anilines is 2. The minimum atomic E-state index is 0.770. The number of benzene rings is 1. The standard InChI is InChI=1S/C16H22N4/c1-3-7-14-10-16(19-12-18-14)20(4-2)11-13-8-5-6-9-15(13)17/h5-6,8-10,12H,3-4,7,11,17H2,1-2H3. The number of aryl methyl sites for hydroxylation is 1. The second-order valence-electron chi connectivity index (χ2n) is 4.83. The number of hydrogen-bond acceptors (Lipinski definition) is 4. The number of nitrogens with two attached hydrogens (primary N) is 1. The van der Waals surface area contributed by atoms with Crippen molar-refractivity contribution in [2.24, 2.45) is 0 Å². The van der Waals surface area contributed by atoms with Gasteiger partial charge in [-0.2, -0.15) is 0 Å². The van der Waals surface area contributed by atoms with Crippen molar-refractivity contribution in [3.05, 3.63) is 47.9 Å². The molecule has 0 aliphatic rings. The number of nitrogens with zero attached hydrogens (tertiary/aromatic N) is 3. The fourth-order valence-corrected chi connectivity index (χ4v) is 2.19. The number of rotatable bonds is 6. The van der Waals surface area contributed by atoms with Crippen LogP contribution in [0, 0.1) is 0 Å². The third-order valence-electron chi connectivity index (χ3n) is 3.34. The molecule has 1 aromatic carbocycles. The van der Waals surface area contributed by atoms with E-state index < -0.39 is 0 Å². The summed E-state index contributed by atoms with van der Waals surface area (Å²) in [7, 11) is 0. The zero-order valence-corrected chi connectivity index (χ0v) is 12.2. The van der Waals surface area contributed by atoms with Gasteiger partial charge in [0.1, 0.15) is 12.1 Å². The largest absolute Gasteiger partial charge is 0.398 e. The van der Waals surface area contributed by atoms with Crippen molar-refractivity contribution in [1.82, 2.24) is 9.97 Å². The monoisotopic (exact) mass is 270 g/mol. The van der Waals surface area contributed by atoms with Crippen LogP contribution in [-0.4, -0.2) is 16.5 Å². The van der Waals surface area contributed by atoms with Crippen molar-refractivity contribution in [2.45, 2.75) is 33.2 Å². The van der Waals surface area contributed by atoms with Gasteiger partial charge in [0.05, 0.1) is 0 Å². The molecule has 0 amide bonds. The average Bonchev–Trinajstić information content (AvgIpc) is 2.47. The predicted octanol–water partition coefficient (Wildman–Crippen LogP) is 3.04. The van der Waals surface area contributed by atoms with Crippen molar-refractivity contribution in [3.63, 3.8) is 0 Å². The van der Waals surface area contributed by atoms with Crippen molar-refractivity contribution in [1.29, 1.82) is 0 Å². The van der Waals surface area contributed by atoms with Crippen molar-refractivity contribution in [2.75, 3.05) is 17.2 Å². The smallest absolute Gasteiger partial charge is 0.132 e. The predicted molar refractivity (Wildman–Crippen MR) is 83.6 cm³/mol. The van der Waals surface area contributed by atoms with Gasteiger partial charge in [0.2, 0.25) is 0 Å². The molecule has 0 radical (unpaired) electrons. The minimum absolute atomic E-state index is 0.770. The van der Waals surface area contributed by atoms with Crippen molar-refractivity contribution >= 4 is 11.5 Å². The maximum absolute atomic E-state index is 6.02. The Morgan fingerprint density at radius 2 is 1.95 bits per heavy atom. The van der Waals surface area contributed by atoms with Crippen molar-refractivity contribution in [3.8, 4) is 0 Å². The topological polar surface area (TPSA) is 55.0 Å². The molecule has 1 aromatic heterocycles. The maximum Gasteiger partial charge on any atom is 0.132 e. The van der Waals surface area contributed by atoms with Crippen LogP contribution in [0.2, 0.25) is 0 Å². The van der Waals surface area contributed by atoms with E-state index >= 15 is 0 Å². The first-order valence-corrected chi connectivity index (χ1v) is 7.13. The second-order valence-corrected chi connectivity index (χ2v) is 4.83. The van der Waals surface area contributed by atoms with Crippen LogP contribution in [0.15, 0.2) is 36.7 Å². The summed E-state index contributed by atoms with van der Waals surface area (Å²) < 4.78 is 0.